The Balaban J connectivity index is 1.18. The summed E-state index contributed by atoms with van der Waals surface area (Å²) in [4.78, 5) is 34.9. The summed E-state index contributed by atoms with van der Waals surface area (Å²) in [6, 6.07) is 8.72. The summed E-state index contributed by atoms with van der Waals surface area (Å²) in [5.41, 5.74) is 1.84. The van der Waals surface area contributed by atoms with Gasteiger partial charge in [-0.2, -0.15) is 0 Å². The Kier molecular flexibility index (Phi) is 9.56. The van der Waals surface area contributed by atoms with Gasteiger partial charge in [0.25, 0.3) is 0 Å². The molecule has 48 heavy (non-hydrogen) atoms. The molecule has 7 rings (SSSR count). The van der Waals surface area contributed by atoms with Crippen LogP contribution in [-0.2, 0) is 16.0 Å². The van der Waals surface area contributed by atoms with Gasteiger partial charge in [0.05, 0.1) is 0 Å². The second-order valence-corrected chi connectivity index (χ2v) is 18.2. The minimum Gasteiger partial charge on any atom is -0.361 e. The number of carbonyl (C=O) groups excluding carboxylic acids is 2. The Bertz CT molecular complexity index is 1460. The van der Waals surface area contributed by atoms with E-state index in [1.807, 2.05) is 0 Å². The second kappa shape index (κ2) is 13.4. The summed E-state index contributed by atoms with van der Waals surface area (Å²) in [6.45, 7) is 13.0. The maximum atomic E-state index is 15.1. The number of fused-ring (bicyclic) bond motifs is 6. The average molecular weight is 656 g/mol. The monoisotopic (exact) mass is 656 g/mol. The van der Waals surface area contributed by atoms with Gasteiger partial charge in [0.2, 0.25) is 11.8 Å². The zero-order valence-corrected chi connectivity index (χ0v) is 30.9. The zero-order chi connectivity index (χ0) is 33.7. The van der Waals surface area contributed by atoms with Crippen LogP contribution in [0.25, 0.3) is 10.9 Å². The van der Waals surface area contributed by atoms with E-state index in [-0.39, 0.29) is 23.3 Å². The SMILES string of the molecule is CC(C)CCC[C@@H](C)[C@H]1CC[C@H]2[C@@H]3CC[C@]4(C(=O)NC5CCCCC5)N(CCc5c[nH]c6ccccc56)C(=O)CC[C@]4(C)[C@H]3CC[C@]12C. The largest absolute Gasteiger partial charge is 0.361 e. The molecule has 5 nitrogen and oxygen atoms in total. The molecule has 264 valence electrons. The van der Waals surface area contributed by atoms with Crippen molar-refractivity contribution in [2.75, 3.05) is 6.54 Å². The second-order valence-electron chi connectivity index (χ2n) is 18.2. The average Bonchev–Trinajstić information content (AvgIpc) is 3.65. The van der Waals surface area contributed by atoms with Crippen molar-refractivity contribution in [3.05, 3.63) is 36.0 Å². The van der Waals surface area contributed by atoms with Crippen molar-refractivity contribution in [2.24, 2.45) is 46.3 Å². The molecule has 1 saturated heterocycles. The Morgan fingerprint density at radius 2 is 1.73 bits per heavy atom. The molecule has 4 saturated carbocycles. The third kappa shape index (κ3) is 5.66. The summed E-state index contributed by atoms with van der Waals surface area (Å²) in [6.07, 6.45) is 21.4. The molecule has 2 heterocycles. The third-order valence-corrected chi connectivity index (χ3v) is 15.5. The highest BCUT2D eigenvalue weighted by molar-refractivity contribution is 5.94. The number of hydrogen-bond donors (Lipinski definition) is 2. The molecule has 5 aliphatic rings. The van der Waals surface area contributed by atoms with E-state index in [0.29, 0.717) is 30.2 Å². The van der Waals surface area contributed by atoms with E-state index < -0.39 is 5.54 Å². The molecule has 1 aliphatic heterocycles. The standard InChI is InChI=1S/C43H65N3O2/c1-29(2)12-11-13-30(3)35-18-19-36-34-20-26-43(40(48)45-32-14-7-6-8-15-32)42(5,37(34)21-24-41(35,36)4)25-22-39(47)46(43)27-23-31-28-44-38-17-10-9-16-33(31)38/h9-10,16-17,28-30,32,34-37,44H,6-8,11-15,18-27H2,1-5H3,(H,45,48)/t30-,34+,35-,36+,37+,41-,42-,43-/m1/s1. The van der Waals surface area contributed by atoms with Crippen molar-refractivity contribution in [1.29, 1.82) is 0 Å². The number of amides is 2. The summed E-state index contributed by atoms with van der Waals surface area (Å²) in [7, 11) is 0. The fourth-order valence-electron chi connectivity index (χ4n) is 13.0. The van der Waals surface area contributed by atoms with E-state index in [4.69, 9.17) is 0 Å². The number of H-pyrrole nitrogens is 1. The Hall–Kier alpha value is -2.30. The first-order valence-corrected chi connectivity index (χ1v) is 20.2. The van der Waals surface area contributed by atoms with Gasteiger partial charge in [0.15, 0.2) is 0 Å². The normalized spacial score (nSPS) is 36.1. The molecular weight excluding hydrogens is 590 g/mol. The highest BCUT2D eigenvalue weighted by Crippen LogP contribution is 2.69. The van der Waals surface area contributed by atoms with Gasteiger partial charge >= 0.3 is 0 Å². The highest BCUT2D eigenvalue weighted by atomic mass is 16.2. The van der Waals surface area contributed by atoms with Crippen molar-refractivity contribution >= 4 is 22.7 Å². The van der Waals surface area contributed by atoms with Crippen LogP contribution in [0.1, 0.15) is 143 Å². The molecule has 1 aromatic carbocycles. The lowest BCUT2D eigenvalue weighted by molar-refractivity contribution is -0.196. The summed E-state index contributed by atoms with van der Waals surface area (Å²) in [5.74, 6) is 4.71. The number of aromatic amines is 1. The summed E-state index contributed by atoms with van der Waals surface area (Å²) < 4.78 is 0. The summed E-state index contributed by atoms with van der Waals surface area (Å²) in [5, 5.41) is 4.87. The quantitative estimate of drug-likeness (QED) is 0.268. The number of rotatable bonds is 10. The van der Waals surface area contributed by atoms with Gasteiger partial charge in [-0.15, -0.1) is 0 Å². The molecule has 2 amide bonds. The van der Waals surface area contributed by atoms with Crippen molar-refractivity contribution < 1.29 is 9.59 Å². The number of likely N-dealkylation sites (tertiary alicyclic amines) is 1. The fraction of sp³-hybridized carbons (Fsp3) is 0.767. The van der Waals surface area contributed by atoms with Gasteiger partial charge in [-0.3, -0.25) is 9.59 Å². The van der Waals surface area contributed by atoms with Crippen LogP contribution < -0.4 is 5.32 Å². The van der Waals surface area contributed by atoms with Crippen molar-refractivity contribution in [3.63, 3.8) is 0 Å². The van der Waals surface area contributed by atoms with Gasteiger partial charge in [-0.05, 0) is 117 Å². The van der Waals surface area contributed by atoms with Crippen LogP contribution >= 0.6 is 0 Å². The fourth-order valence-corrected chi connectivity index (χ4v) is 13.0. The van der Waals surface area contributed by atoms with Gasteiger partial charge in [0.1, 0.15) is 5.54 Å². The van der Waals surface area contributed by atoms with E-state index in [9.17, 15) is 4.79 Å². The van der Waals surface area contributed by atoms with E-state index in [0.717, 1.165) is 67.7 Å². The number of nitrogens with zero attached hydrogens (tertiary/aromatic N) is 1. The number of para-hydroxylation sites is 1. The van der Waals surface area contributed by atoms with Crippen LogP contribution in [0.5, 0.6) is 0 Å². The Morgan fingerprint density at radius 3 is 2.52 bits per heavy atom. The molecule has 4 aliphatic carbocycles. The van der Waals surface area contributed by atoms with Crippen molar-refractivity contribution in [1.82, 2.24) is 15.2 Å². The maximum Gasteiger partial charge on any atom is 0.246 e. The van der Waals surface area contributed by atoms with Gasteiger partial charge in [0, 0.05) is 41.5 Å². The predicted molar refractivity (Wildman–Crippen MR) is 196 cm³/mol. The molecule has 2 N–H and O–H groups in total. The lowest BCUT2D eigenvalue weighted by atomic mass is 9.42. The molecule has 5 fully saturated rings. The minimum absolute atomic E-state index is 0.179. The zero-order valence-electron chi connectivity index (χ0n) is 30.9. The lowest BCUT2D eigenvalue weighted by Crippen LogP contribution is -2.76. The van der Waals surface area contributed by atoms with Crippen LogP contribution in [-0.4, -0.2) is 39.8 Å². The number of carbonyl (C=O) groups is 2. The van der Waals surface area contributed by atoms with Crippen LogP contribution in [0, 0.1) is 46.3 Å². The molecule has 5 heteroatoms. The smallest absolute Gasteiger partial charge is 0.246 e. The maximum absolute atomic E-state index is 15.1. The highest BCUT2D eigenvalue weighted by Gasteiger charge is 2.69. The van der Waals surface area contributed by atoms with E-state index in [1.165, 1.54) is 75.2 Å². The third-order valence-electron chi connectivity index (χ3n) is 15.5. The topological polar surface area (TPSA) is 65.2 Å². The molecule has 1 aromatic heterocycles. The number of hydrogen-bond acceptors (Lipinski definition) is 2. The van der Waals surface area contributed by atoms with Crippen LogP contribution in [0.15, 0.2) is 30.5 Å². The van der Waals surface area contributed by atoms with Gasteiger partial charge in [-0.1, -0.05) is 91.3 Å². The van der Waals surface area contributed by atoms with Crippen molar-refractivity contribution in [3.8, 4) is 0 Å². The van der Waals surface area contributed by atoms with Crippen LogP contribution in [0.3, 0.4) is 0 Å². The molecule has 0 unspecified atom stereocenters. The van der Waals surface area contributed by atoms with E-state index >= 15 is 4.79 Å². The lowest BCUT2D eigenvalue weighted by Gasteiger charge is -2.67. The van der Waals surface area contributed by atoms with Gasteiger partial charge < -0.3 is 15.2 Å². The first-order chi connectivity index (χ1) is 23.1. The number of nitrogens with one attached hydrogen (secondary N) is 2. The minimum atomic E-state index is -0.761. The Morgan fingerprint density at radius 1 is 0.938 bits per heavy atom. The van der Waals surface area contributed by atoms with E-state index in [2.05, 4.69) is 80.3 Å². The molecule has 0 radical (unpaired) electrons. The van der Waals surface area contributed by atoms with Crippen molar-refractivity contribution in [2.45, 2.75) is 155 Å². The molecule has 2 aromatic rings. The summed E-state index contributed by atoms with van der Waals surface area (Å²) >= 11 is 0. The first kappa shape index (κ1) is 34.2. The number of aromatic nitrogens is 1. The molecular formula is C43H65N3O2. The predicted octanol–water partition coefficient (Wildman–Crippen LogP) is 9.84. The molecule has 0 bridgehead atoms. The molecule has 0 spiro atoms. The van der Waals surface area contributed by atoms with E-state index in [1.54, 1.807) is 0 Å². The van der Waals surface area contributed by atoms with Crippen LogP contribution in [0.4, 0.5) is 0 Å². The number of piperidine rings is 1. The Labute approximate surface area is 291 Å². The molecule has 8 atom stereocenters. The van der Waals surface area contributed by atoms with Gasteiger partial charge in [-0.25, -0.2) is 0 Å². The number of benzene rings is 1. The first-order valence-electron chi connectivity index (χ1n) is 20.2. The van der Waals surface area contributed by atoms with Crippen LogP contribution in [0.2, 0.25) is 0 Å².